The van der Waals surface area contributed by atoms with Crippen molar-refractivity contribution < 1.29 is 26.3 Å². The lowest BCUT2D eigenvalue weighted by Crippen LogP contribution is -2.10. The minimum atomic E-state index is -4.76. The molecule has 4 nitrogen and oxygen atoms in total. The molecule has 1 aliphatic carbocycles. The first kappa shape index (κ1) is 48.7. The molecule has 11 rings (SSSR count). The van der Waals surface area contributed by atoms with Gasteiger partial charge in [0.15, 0.2) is 17.5 Å². The van der Waals surface area contributed by atoms with E-state index >= 15 is 0 Å². The third-order valence-electron chi connectivity index (χ3n) is 14.2. The van der Waals surface area contributed by atoms with Crippen molar-refractivity contribution in [3.8, 4) is 73.2 Å². The van der Waals surface area contributed by atoms with E-state index in [4.69, 9.17) is 15.0 Å². The molecule has 0 bridgehead atoms. The Morgan fingerprint density at radius 3 is 1.61 bits per heavy atom. The molecule has 370 valence electrons. The zero-order valence-corrected chi connectivity index (χ0v) is 42.0. The lowest BCUT2D eigenvalue weighted by atomic mass is 9.85. The van der Waals surface area contributed by atoms with Crippen LogP contribution < -0.4 is 0 Å². The minimum absolute atomic E-state index is 0.0200. The van der Waals surface area contributed by atoms with Crippen molar-refractivity contribution in [2.75, 3.05) is 0 Å². The predicted molar refractivity (Wildman–Crippen MR) is 288 cm³/mol. The fourth-order valence-electron chi connectivity index (χ4n) is 11.2. The molecule has 0 unspecified atom stereocenters. The van der Waals surface area contributed by atoms with E-state index in [0.717, 1.165) is 102 Å². The van der Waals surface area contributed by atoms with E-state index in [9.17, 15) is 26.3 Å². The smallest absolute Gasteiger partial charge is 0.312 e. The van der Waals surface area contributed by atoms with E-state index in [1.54, 1.807) is 18.2 Å². The summed E-state index contributed by atoms with van der Waals surface area (Å²) in [6, 6.07) is 49.6. The first-order chi connectivity index (χ1) is 35.9. The molecule has 0 aliphatic heterocycles. The number of allylic oxidation sites excluding steroid dienone is 1. The highest BCUT2D eigenvalue weighted by Gasteiger charge is 2.34. The van der Waals surface area contributed by atoms with Gasteiger partial charge in [-0.25, -0.2) is 15.0 Å². The largest absolute Gasteiger partial charge is 0.417 e. The second-order valence-corrected chi connectivity index (χ2v) is 19.6. The summed E-state index contributed by atoms with van der Waals surface area (Å²) >= 11 is 0. The molecule has 10 heteroatoms. The van der Waals surface area contributed by atoms with Gasteiger partial charge in [-0.3, -0.25) is 0 Å². The maximum absolute atomic E-state index is 14.9. The molecule has 2 heterocycles. The standard InChI is InChI=1S/C65H48F6N4/c1-37-27-39(3)58(40(4)28-37)47-23-25-56-54(33-47)55-34-48(59-41(5)29-38(2)30-42(59)6)24-26-57(55)75(56)60-52(45-19-13-21-50(31-45)64(66,67)68)35-49(36-53(60)46-20-14-22-51(32-46)65(69,70)71)63-73-61(43-15-9-7-10-16-43)72-62(74-63)44-17-11-8-12-18-44/h7-13,15-19,21-23,25,27-36H,24,26H2,1-6H3. The summed E-state index contributed by atoms with van der Waals surface area (Å²) in [6.07, 6.45) is -6.15. The molecule has 0 amide bonds. The Balaban J connectivity index is 1.29. The highest BCUT2D eigenvalue weighted by Crippen LogP contribution is 2.48. The SMILES string of the molecule is Cc1cc(C)c(C2=Cc3c(n(-c4c(-c5c#ccc(C(F)(F)F)c5)cc(-c5nc(-c6ccccc6)nc(-c6ccccc6)n5)cc4-c4cccc(C(F)(F)F)c4)c4ccc(-c5c(C)cc(C)cc5C)cc34)CC2)c(C)c1. The number of hydrogen-bond acceptors (Lipinski definition) is 3. The Morgan fingerprint density at radius 1 is 0.480 bits per heavy atom. The molecule has 0 N–H and O–H groups in total. The summed E-state index contributed by atoms with van der Waals surface area (Å²) in [7, 11) is 0. The van der Waals surface area contributed by atoms with Gasteiger partial charge in [-0.1, -0.05) is 126 Å². The van der Waals surface area contributed by atoms with Gasteiger partial charge >= 0.3 is 12.4 Å². The van der Waals surface area contributed by atoms with Crippen molar-refractivity contribution in [2.24, 2.45) is 0 Å². The lowest BCUT2D eigenvalue weighted by Gasteiger charge is -2.24. The van der Waals surface area contributed by atoms with Crippen LogP contribution in [-0.2, 0) is 18.8 Å². The average molecular weight is 999 g/mol. The summed E-state index contributed by atoms with van der Waals surface area (Å²) in [5, 5.41) is 0.878. The van der Waals surface area contributed by atoms with Crippen molar-refractivity contribution in [3.63, 3.8) is 0 Å². The zero-order valence-electron chi connectivity index (χ0n) is 42.0. The molecule has 0 radical (unpaired) electrons. The van der Waals surface area contributed by atoms with Gasteiger partial charge in [-0.15, -0.1) is 0 Å². The molecule has 0 saturated heterocycles. The molecule has 75 heavy (non-hydrogen) atoms. The maximum atomic E-state index is 14.9. The van der Waals surface area contributed by atoms with Crippen molar-refractivity contribution in [1.29, 1.82) is 0 Å². The Hall–Kier alpha value is -8.55. The summed E-state index contributed by atoms with van der Waals surface area (Å²) < 4.78 is 91.4. The number of nitrogens with zero attached hydrogens (tertiary/aromatic N) is 4. The fourth-order valence-corrected chi connectivity index (χ4v) is 11.2. The molecule has 0 spiro atoms. The summed E-state index contributed by atoms with van der Waals surface area (Å²) in [6.45, 7) is 12.6. The number of aryl methyl sites for hydroxylation is 6. The van der Waals surface area contributed by atoms with Crippen LogP contribution in [0.3, 0.4) is 0 Å². The van der Waals surface area contributed by atoms with E-state index in [-0.39, 0.29) is 22.5 Å². The van der Waals surface area contributed by atoms with Crippen molar-refractivity contribution in [3.05, 3.63) is 225 Å². The molecular formula is C65H48F6N4. The third kappa shape index (κ3) is 9.18. The van der Waals surface area contributed by atoms with Gasteiger partial charge in [0.05, 0.1) is 22.3 Å². The maximum Gasteiger partial charge on any atom is 0.417 e. The van der Waals surface area contributed by atoms with Gasteiger partial charge in [0.25, 0.3) is 0 Å². The number of fused-ring (bicyclic) bond motifs is 3. The van der Waals surface area contributed by atoms with E-state index in [0.29, 0.717) is 52.4 Å². The molecular weight excluding hydrogens is 951 g/mol. The number of alkyl halides is 6. The molecule has 0 saturated carbocycles. The van der Waals surface area contributed by atoms with Crippen LogP contribution in [0.4, 0.5) is 26.3 Å². The van der Waals surface area contributed by atoms with Crippen LogP contribution in [-0.4, -0.2) is 19.5 Å². The van der Waals surface area contributed by atoms with Gasteiger partial charge in [0.1, 0.15) is 0 Å². The van der Waals surface area contributed by atoms with Gasteiger partial charge in [0, 0.05) is 56.1 Å². The molecule has 2 aromatic heterocycles. The van der Waals surface area contributed by atoms with Crippen LogP contribution in [0.25, 0.3) is 95.8 Å². The van der Waals surface area contributed by atoms with E-state index < -0.39 is 23.5 Å². The Kier molecular flexibility index (Phi) is 12.2. The van der Waals surface area contributed by atoms with Gasteiger partial charge in [-0.05, 0) is 153 Å². The second kappa shape index (κ2) is 18.7. The number of hydrogen-bond donors (Lipinski definition) is 0. The second-order valence-electron chi connectivity index (χ2n) is 19.6. The highest BCUT2D eigenvalue weighted by atomic mass is 19.4. The summed E-state index contributed by atoms with van der Waals surface area (Å²) in [4.78, 5) is 14.9. The summed E-state index contributed by atoms with van der Waals surface area (Å²) in [5.41, 5.74) is 14.6. The average Bonchev–Trinajstić information content (AvgIpc) is 3.70. The topological polar surface area (TPSA) is 43.6 Å². The fraction of sp³-hybridized carbons (Fsp3) is 0.154. The van der Waals surface area contributed by atoms with Crippen molar-refractivity contribution in [1.82, 2.24) is 19.5 Å². The van der Waals surface area contributed by atoms with Crippen molar-refractivity contribution >= 4 is 22.6 Å². The van der Waals surface area contributed by atoms with Crippen LogP contribution >= 0.6 is 0 Å². The molecule has 10 aromatic rings. The lowest BCUT2D eigenvalue weighted by molar-refractivity contribution is -0.138. The Morgan fingerprint density at radius 2 is 1.03 bits per heavy atom. The number of aromatic nitrogens is 4. The van der Waals surface area contributed by atoms with Crippen molar-refractivity contribution in [2.45, 2.75) is 66.7 Å². The quantitative estimate of drug-likeness (QED) is 0.143. The molecule has 8 aromatic carbocycles. The number of benzene rings is 7. The minimum Gasteiger partial charge on any atom is -0.312 e. The first-order valence-electron chi connectivity index (χ1n) is 24.7. The van der Waals surface area contributed by atoms with Crippen LogP contribution in [0, 0.1) is 53.7 Å². The van der Waals surface area contributed by atoms with Gasteiger partial charge in [0.2, 0.25) is 0 Å². The molecule has 1 aliphatic rings. The van der Waals surface area contributed by atoms with E-state index in [1.807, 2.05) is 71.3 Å². The van der Waals surface area contributed by atoms with Crippen LogP contribution in [0.5, 0.6) is 0 Å². The first-order valence-corrected chi connectivity index (χ1v) is 24.7. The number of halogens is 6. The van der Waals surface area contributed by atoms with Gasteiger partial charge < -0.3 is 4.57 Å². The zero-order chi connectivity index (χ0) is 52.5. The van der Waals surface area contributed by atoms with Crippen LogP contribution in [0.15, 0.2) is 152 Å². The van der Waals surface area contributed by atoms with E-state index in [2.05, 4.69) is 96.1 Å². The predicted octanol–water partition coefficient (Wildman–Crippen LogP) is 17.8. The number of rotatable bonds is 8. The normalized spacial score (nSPS) is 12.7. The summed E-state index contributed by atoms with van der Waals surface area (Å²) in [5.74, 6) is 0.808. The Bertz CT molecular complexity index is 3740. The molecule has 0 atom stereocenters. The highest BCUT2D eigenvalue weighted by molar-refractivity contribution is 6.03. The van der Waals surface area contributed by atoms with E-state index in [1.165, 1.54) is 6.07 Å². The third-order valence-corrected chi connectivity index (χ3v) is 14.2. The van der Waals surface area contributed by atoms with Crippen LogP contribution in [0.2, 0.25) is 0 Å². The van der Waals surface area contributed by atoms with Gasteiger partial charge in [-0.2, -0.15) is 26.3 Å². The Labute approximate surface area is 431 Å². The monoisotopic (exact) mass is 998 g/mol. The molecule has 0 fully saturated rings. The van der Waals surface area contributed by atoms with Crippen LogP contribution in [0.1, 0.15) is 67.7 Å².